The standard InChI is InChI=1S/C16H13N3O4S2/c20-13-3-1-2-10(8-13)17-9-14-15(21)18(16(24)25-14)11-4-6-12(7-5-11)19(22)23/h1-8,14,17,20H,9H2. The van der Waals surface area contributed by atoms with Crippen LogP contribution in [0.5, 0.6) is 5.75 Å². The zero-order valence-corrected chi connectivity index (χ0v) is 14.4. The Morgan fingerprint density at radius 2 is 2.00 bits per heavy atom. The van der Waals surface area contributed by atoms with Crippen molar-refractivity contribution >= 4 is 51.3 Å². The summed E-state index contributed by atoms with van der Waals surface area (Å²) in [6, 6.07) is 12.3. The second kappa shape index (κ2) is 7.08. The molecule has 0 radical (unpaired) electrons. The third-order valence-corrected chi connectivity index (χ3v) is 5.09. The molecule has 1 saturated heterocycles. The maximum Gasteiger partial charge on any atom is 0.269 e. The van der Waals surface area contributed by atoms with E-state index in [0.717, 1.165) is 0 Å². The van der Waals surface area contributed by atoms with Gasteiger partial charge in [0, 0.05) is 30.4 Å². The highest BCUT2D eigenvalue weighted by molar-refractivity contribution is 8.25. The van der Waals surface area contributed by atoms with Crippen molar-refractivity contribution < 1.29 is 14.8 Å². The minimum Gasteiger partial charge on any atom is -0.508 e. The number of amides is 1. The zero-order chi connectivity index (χ0) is 18.0. The molecular formula is C16H13N3O4S2. The van der Waals surface area contributed by atoms with Crippen molar-refractivity contribution in [1.82, 2.24) is 0 Å². The molecule has 1 amide bonds. The largest absolute Gasteiger partial charge is 0.508 e. The molecule has 0 spiro atoms. The van der Waals surface area contributed by atoms with E-state index in [-0.39, 0.29) is 17.3 Å². The molecule has 0 saturated carbocycles. The maximum atomic E-state index is 12.6. The van der Waals surface area contributed by atoms with Crippen LogP contribution in [0.25, 0.3) is 0 Å². The number of phenolic OH excluding ortho intramolecular Hbond substituents is 1. The number of nitrogens with one attached hydrogen (secondary N) is 1. The predicted octanol–water partition coefficient (Wildman–Crippen LogP) is 3.15. The predicted molar refractivity (Wildman–Crippen MR) is 101 cm³/mol. The molecule has 128 valence electrons. The van der Waals surface area contributed by atoms with Gasteiger partial charge in [-0.05, 0) is 24.3 Å². The SMILES string of the molecule is O=C1C(CNc2cccc(O)c2)SC(=S)N1c1ccc([N+](=O)[O-])cc1. The fourth-order valence-electron chi connectivity index (χ4n) is 2.37. The number of carbonyl (C=O) groups is 1. The average molecular weight is 375 g/mol. The van der Waals surface area contributed by atoms with Crippen molar-refractivity contribution in [2.24, 2.45) is 0 Å². The number of nitro groups is 1. The molecule has 9 heteroatoms. The normalized spacial score (nSPS) is 17.0. The third-order valence-electron chi connectivity index (χ3n) is 3.58. The zero-order valence-electron chi connectivity index (χ0n) is 12.8. The van der Waals surface area contributed by atoms with E-state index in [1.54, 1.807) is 24.3 Å². The first-order chi connectivity index (χ1) is 12.0. The van der Waals surface area contributed by atoms with Gasteiger partial charge in [0.1, 0.15) is 15.3 Å². The summed E-state index contributed by atoms with van der Waals surface area (Å²) >= 11 is 6.54. The van der Waals surface area contributed by atoms with Crippen molar-refractivity contribution in [1.29, 1.82) is 0 Å². The number of nitrogens with zero attached hydrogens (tertiary/aromatic N) is 2. The molecule has 2 N–H and O–H groups in total. The minimum atomic E-state index is -0.495. The lowest BCUT2D eigenvalue weighted by atomic mass is 10.2. The smallest absolute Gasteiger partial charge is 0.269 e. The highest BCUT2D eigenvalue weighted by Gasteiger charge is 2.37. The summed E-state index contributed by atoms with van der Waals surface area (Å²) in [5, 5.41) is 22.9. The first-order valence-electron chi connectivity index (χ1n) is 7.27. The summed E-state index contributed by atoms with van der Waals surface area (Å²) < 4.78 is 0.404. The number of nitro benzene ring substituents is 1. The monoisotopic (exact) mass is 375 g/mol. The number of hydrogen-bond donors (Lipinski definition) is 2. The first-order valence-corrected chi connectivity index (χ1v) is 8.56. The molecule has 1 atom stereocenters. The number of thiocarbonyl (C=S) groups is 1. The van der Waals surface area contributed by atoms with Gasteiger partial charge in [-0.25, -0.2) is 0 Å². The molecule has 0 bridgehead atoms. The highest BCUT2D eigenvalue weighted by atomic mass is 32.2. The molecule has 0 aliphatic carbocycles. The molecule has 1 fully saturated rings. The van der Waals surface area contributed by atoms with Gasteiger partial charge in [0.25, 0.3) is 5.69 Å². The third kappa shape index (κ3) is 3.72. The maximum absolute atomic E-state index is 12.6. The Labute approximate surface area is 152 Å². The van der Waals surface area contributed by atoms with E-state index in [0.29, 0.717) is 22.2 Å². The van der Waals surface area contributed by atoms with Crippen molar-refractivity contribution in [2.45, 2.75) is 5.25 Å². The van der Waals surface area contributed by atoms with Crippen molar-refractivity contribution in [3.63, 3.8) is 0 Å². The first kappa shape index (κ1) is 17.2. The van der Waals surface area contributed by atoms with Gasteiger partial charge in [0.15, 0.2) is 0 Å². The molecule has 25 heavy (non-hydrogen) atoms. The number of phenols is 1. The van der Waals surface area contributed by atoms with Gasteiger partial charge in [0.05, 0.1) is 10.6 Å². The molecule has 1 unspecified atom stereocenters. The Morgan fingerprint density at radius 3 is 2.64 bits per heavy atom. The van der Waals surface area contributed by atoms with Gasteiger partial charge in [-0.15, -0.1) is 0 Å². The lowest BCUT2D eigenvalue weighted by molar-refractivity contribution is -0.384. The van der Waals surface area contributed by atoms with Gasteiger partial charge >= 0.3 is 0 Å². The lowest BCUT2D eigenvalue weighted by Crippen LogP contribution is -2.33. The fourth-order valence-corrected chi connectivity index (χ4v) is 3.83. The molecule has 3 rings (SSSR count). The number of non-ortho nitro benzene ring substituents is 1. The van der Waals surface area contributed by atoms with E-state index < -0.39 is 10.2 Å². The van der Waals surface area contributed by atoms with E-state index in [2.05, 4.69) is 5.32 Å². The van der Waals surface area contributed by atoms with Crippen LogP contribution in [0.3, 0.4) is 0 Å². The Balaban J connectivity index is 1.70. The summed E-state index contributed by atoms with van der Waals surface area (Å²) in [5.41, 5.74) is 1.16. The number of benzene rings is 2. The Morgan fingerprint density at radius 1 is 1.28 bits per heavy atom. The van der Waals surface area contributed by atoms with Gasteiger partial charge in [-0.1, -0.05) is 30.0 Å². The molecular weight excluding hydrogens is 362 g/mol. The van der Waals surface area contributed by atoms with Crippen LogP contribution in [0.4, 0.5) is 17.1 Å². The van der Waals surface area contributed by atoms with Crippen molar-refractivity contribution in [2.75, 3.05) is 16.8 Å². The van der Waals surface area contributed by atoms with Crippen molar-refractivity contribution in [3.05, 3.63) is 58.6 Å². The molecule has 1 heterocycles. The van der Waals surface area contributed by atoms with Crippen LogP contribution in [-0.4, -0.2) is 32.1 Å². The number of rotatable bonds is 5. The van der Waals surface area contributed by atoms with Crippen LogP contribution in [0.1, 0.15) is 0 Å². The van der Waals surface area contributed by atoms with E-state index in [9.17, 15) is 20.0 Å². The second-order valence-corrected chi connectivity index (χ2v) is 7.09. The molecule has 2 aromatic rings. The summed E-state index contributed by atoms with van der Waals surface area (Å²) in [5.74, 6) is -0.0464. The van der Waals surface area contributed by atoms with Gasteiger partial charge in [-0.2, -0.15) is 0 Å². The van der Waals surface area contributed by atoms with Crippen LogP contribution < -0.4 is 10.2 Å². The van der Waals surface area contributed by atoms with E-state index in [4.69, 9.17) is 12.2 Å². The van der Waals surface area contributed by atoms with E-state index in [1.807, 2.05) is 0 Å². The Kier molecular flexibility index (Phi) is 4.86. The van der Waals surface area contributed by atoms with Crippen LogP contribution in [-0.2, 0) is 4.79 Å². The average Bonchev–Trinajstić information content (AvgIpc) is 2.87. The quantitative estimate of drug-likeness (QED) is 0.471. The second-order valence-electron chi connectivity index (χ2n) is 5.25. The molecule has 0 aromatic heterocycles. The number of carbonyl (C=O) groups excluding carboxylic acids is 1. The Hall–Kier alpha value is -2.65. The number of hydrogen-bond acceptors (Lipinski definition) is 7. The number of anilines is 2. The van der Waals surface area contributed by atoms with E-state index >= 15 is 0 Å². The topological polar surface area (TPSA) is 95.7 Å². The van der Waals surface area contributed by atoms with Crippen LogP contribution in [0.15, 0.2) is 48.5 Å². The van der Waals surface area contributed by atoms with Gasteiger partial charge in [-0.3, -0.25) is 19.8 Å². The van der Waals surface area contributed by atoms with Gasteiger partial charge < -0.3 is 10.4 Å². The summed E-state index contributed by atoms with van der Waals surface area (Å²) in [6.07, 6.45) is 0. The van der Waals surface area contributed by atoms with Crippen LogP contribution >= 0.6 is 24.0 Å². The highest BCUT2D eigenvalue weighted by Crippen LogP contribution is 2.33. The molecule has 2 aromatic carbocycles. The fraction of sp³-hybridized carbons (Fsp3) is 0.125. The van der Waals surface area contributed by atoms with Crippen LogP contribution in [0, 0.1) is 10.1 Å². The van der Waals surface area contributed by atoms with Crippen LogP contribution in [0.2, 0.25) is 0 Å². The Bertz CT molecular complexity index is 842. The number of aromatic hydroxyl groups is 1. The molecule has 1 aliphatic rings. The molecule has 7 nitrogen and oxygen atoms in total. The number of thioether (sulfide) groups is 1. The lowest BCUT2D eigenvalue weighted by Gasteiger charge is -2.15. The summed E-state index contributed by atoms with van der Waals surface area (Å²) in [6.45, 7) is 0.344. The minimum absolute atomic E-state index is 0.0453. The summed E-state index contributed by atoms with van der Waals surface area (Å²) in [4.78, 5) is 24.2. The summed E-state index contributed by atoms with van der Waals surface area (Å²) in [7, 11) is 0. The van der Waals surface area contributed by atoms with E-state index in [1.165, 1.54) is 40.9 Å². The molecule has 1 aliphatic heterocycles. The van der Waals surface area contributed by atoms with Gasteiger partial charge in [0.2, 0.25) is 5.91 Å². The van der Waals surface area contributed by atoms with Crippen molar-refractivity contribution in [3.8, 4) is 5.75 Å².